The van der Waals surface area contributed by atoms with Crippen LogP contribution in [0, 0.1) is 11.3 Å². The first-order valence-electron chi connectivity index (χ1n) is 22.3. The van der Waals surface area contributed by atoms with Gasteiger partial charge in [-0.25, -0.2) is 22.7 Å². The summed E-state index contributed by atoms with van der Waals surface area (Å²) in [7, 11) is 0. The predicted molar refractivity (Wildman–Crippen MR) is 226 cm³/mol. The molecule has 1 aliphatic carbocycles. The highest BCUT2D eigenvalue weighted by Crippen LogP contribution is 2.43. The number of alkyl halides is 3. The first-order chi connectivity index (χ1) is 30.4. The second-order valence-corrected chi connectivity index (χ2v) is 18.7. The Morgan fingerprint density at radius 3 is 2.56 bits per heavy atom. The molecule has 0 bridgehead atoms. The molecule has 1 aromatic carbocycles. The van der Waals surface area contributed by atoms with Crippen LogP contribution < -0.4 is 26.2 Å². The van der Waals surface area contributed by atoms with Gasteiger partial charge in [-0.15, -0.1) is 0 Å². The van der Waals surface area contributed by atoms with Gasteiger partial charge in [0.05, 0.1) is 24.5 Å². The number of hydrogen-bond donors (Lipinski definition) is 3. The van der Waals surface area contributed by atoms with Crippen molar-refractivity contribution in [3.8, 4) is 0 Å². The number of benzene rings is 1. The lowest BCUT2D eigenvalue weighted by Crippen LogP contribution is -2.52. The Balaban J connectivity index is 0.714. The number of hydrogen-bond acceptors (Lipinski definition) is 11. The fourth-order valence-corrected chi connectivity index (χ4v) is 11.0. The van der Waals surface area contributed by atoms with E-state index in [1.165, 1.54) is 16.9 Å². The molecule has 3 aromatic heterocycles. The summed E-state index contributed by atoms with van der Waals surface area (Å²) in [6, 6.07) is 6.64. The molecule has 4 N–H and O–H groups in total. The molecular weight excluding hydrogens is 818 g/mol. The lowest BCUT2D eigenvalue weighted by molar-refractivity contribution is -0.136. The van der Waals surface area contributed by atoms with Crippen LogP contribution in [0.5, 0.6) is 0 Å². The van der Waals surface area contributed by atoms with Crippen LogP contribution in [0.1, 0.15) is 109 Å². The Bertz CT molecular complexity index is 2410. The van der Waals surface area contributed by atoms with Gasteiger partial charge in [-0.2, -0.15) is 10.2 Å². The zero-order valence-corrected chi connectivity index (χ0v) is 35.1. The number of carbonyl (C=O) groups is 4. The van der Waals surface area contributed by atoms with Crippen molar-refractivity contribution in [2.24, 2.45) is 17.1 Å². The molecule has 1 unspecified atom stereocenters. The van der Waals surface area contributed by atoms with Crippen LogP contribution in [-0.4, -0.2) is 122 Å². The van der Waals surface area contributed by atoms with Crippen molar-refractivity contribution in [3.05, 3.63) is 65.2 Å². The summed E-state index contributed by atoms with van der Waals surface area (Å²) >= 11 is 0. The molecule has 1 spiro atoms. The van der Waals surface area contributed by atoms with Gasteiger partial charge in [0.25, 0.3) is 18.2 Å². The van der Waals surface area contributed by atoms with Crippen LogP contribution in [0.4, 0.5) is 30.4 Å². The minimum atomic E-state index is -2.89. The molecule has 19 heteroatoms. The molecule has 4 amide bonds. The van der Waals surface area contributed by atoms with Crippen molar-refractivity contribution >= 4 is 46.5 Å². The van der Waals surface area contributed by atoms with E-state index in [9.17, 15) is 32.3 Å². The Hall–Kier alpha value is -5.56. The second-order valence-electron chi connectivity index (χ2n) is 18.7. The van der Waals surface area contributed by atoms with Crippen molar-refractivity contribution in [1.29, 1.82) is 0 Å². The third-order valence-corrected chi connectivity index (χ3v) is 14.5. The summed E-state index contributed by atoms with van der Waals surface area (Å²) in [5.41, 5.74) is 8.73. The van der Waals surface area contributed by atoms with Gasteiger partial charge in [-0.05, 0) is 105 Å². The average molecular weight is 871 g/mol. The number of amides is 4. The molecule has 5 aliphatic heterocycles. The molecule has 16 nitrogen and oxygen atoms in total. The van der Waals surface area contributed by atoms with E-state index in [0.29, 0.717) is 36.8 Å². The Labute approximate surface area is 362 Å². The number of imide groups is 1. The number of aromatic nitrogens is 5. The molecule has 8 heterocycles. The lowest BCUT2D eigenvalue weighted by Gasteiger charge is -2.41. The number of rotatable bonds is 9. The third-order valence-electron chi connectivity index (χ3n) is 14.5. The fraction of sp³-hybridized carbons (Fsp3) is 0.568. The number of halogens is 3. The van der Waals surface area contributed by atoms with Crippen molar-refractivity contribution in [2.75, 3.05) is 60.9 Å². The van der Waals surface area contributed by atoms with Crippen molar-refractivity contribution in [3.63, 3.8) is 0 Å². The molecule has 6 aliphatic rings. The molecule has 334 valence electrons. The molecule has 1 saturated carbocycles. The minimum Gasteiger partial charge on any atom is -0.371 e. The number of piperidine rings is 3. The zero-order chi connectivity index (χ0) is 43.6. The maximum Gasteiger partial charge on any atom is 0.284 e. The molecule has 4 aromatic rings. The maximum absolute atomic E-state index is 14.3. The standard InChI is InChI=1S/C44H53F3N12O4/c45-28-18-29(48)23-56(22-28)36-9-13-58-40(51-36)33(19-49-58)41(61)50-34-24-59(53-38(34)39(46)47)30-3-1-26(2-4-30)20-54-14-10-44(25-54)11-15-55(16-12-44)31-5-6-32-27(17-31)21-57(43(32)63)35-7-8-37(60)52-42(35)62/h5-6,9,13,17,19,24,26,28-30,35,39H,1-4,7-8,10-12,14-16,18,20-23,25,48H2,(H,50,61)(H,52,60,62)/t26?,28-,29-,30?,35?/m1/s1. The first kappa shape index (κ1) is 41.5. The van der Waals surface area contributed by atoms with Gasteiger partial charge in [0.1, 0.15) is 23.6 Å². The van der Waals surface area contributed by atoms with Crippen LogP contribution in [0.25, 0.3) is 5.65 Å². The number of nitrogens with two attached hydrogens (primary N) is 1. The number of fused-ring (bicyclic) bond motifs is 2. The highest BCUT2D eigenvalue weighted by Gasteiger charge is 2.43. The Morgan fingerprint density at radius 1 is 1.00 bits per heavy atom. The highest BCUT2D eigenvalue weighted by molar-refractivity contribution is 6.08. The number of likely N-dealkylation sites (tertiary alicyclic amines) is 1. The largest absolute Gasteiger partial charge is 0.371 e. The summed E-state index contributed by atoms with van der Waals surface area (Å²) in [4.78, 5) is 63.8. The molecule has 10 rings (SSSR count). The molecule has 4 saturated heterocycles. The van der Waals surface area contributed by atoms with E-state index in [1.54, 1.807) is 26.7 Å². The summed E-state index contributed by atoms with van der Waals surface area (Å²) in [5.74, 6) is -0.548. The Kier molecular flexibility index (Phi) is 10.9. The van der Waals surface area contributed by atoms with Gasteiger partial charge in [0, 0.05) is 75.4 Å². The number of carbonyl (C=O) groups excluding carboxylic acids is 4. The monoisotopic (exact) mass is 870 g/mol. The number of nitrogens with one attached hydrogen (secondary N) is 2. The smallest absolute Gasteiger partial charge is 0.284 e. The predicted octanol–water partition coefficient (Wildman–Crippen LogP) is 4.48. The van der Waals surface area contributed by atoms with Crippen molar-refractivity contribution in [2.45, 2.75) is 101 Å². The van der Waals surface area contributed by atoms with Crippen LogP contribution in [0.3, 0.4) is 0 Å². The number of nitrogens with zero attached hydrogens (tertiary/aromatic N) is 9. The first-order valence-corrected chi connectivity index (χ1v) is 22.3. The SMILES string of the molecule is N[C@@H]1C[C@@H](F)CN(c2ccn3ncc(C(=O)Nc4cn(C5CCC(CN6CCC7(CCN(c8ccc9c(c8)CN(C8CCC(=O)NC8=O)C9=O)CC7)C6)CC5)nc4C(F)F)c3n2)C1. The average Bonchev–Trinajstić information content (AvgIpc) is 4.06. The van der Waals surface area contributed by atoms with Gasteiger partial charge in [0.15, 0.2) is 11.3 Å². The molecular formula is C44H53F3N12O4. The van der Waals surface area contributed by atoms with Gasteiger partial charge in [0.2, 0.25) is 11.8 Å². The second kappa shape index (κ2) is 16.5. The van der Waals surface area contributed by atoms with E-state index in [-0.39, 0.29) is 65.6 Å². The van der Waals surface area contributed by atoms with Crippen LogP contribution in [0.15, 0.2) is 42.9 Å². The Morgan fingerprint density at radius 2 is 1.79 bits per heavy atom. The van der Waals surface area contributed by atoms with E-state index < -0.39 is 36.1 Å². The van der Waals surface area contributed by atoms with Gasteiger partial charge in [-0.3, -0.25) is 29.2 Å². The highest BCUT2D eigenvalue weighted by atomic mass is 19.3. The van der Waals surface area contributed by atoms with E-state index in [2.05, 4.69) is 41.7 Å². The van der Waals surface area contributed by atoms with Gasteiger partial charge in [-0.1, -0.05) is 0 Å². The van der Waals surface area contributed by atoms with Crippen molar-refractivity contribution in [1.82, 2.24) is 39.5 Å². The topological polar surface area (TPSA) is 179 Å². The van der Waals surface area contributed by atoms with E-state index in [4.69, 9.17) is 5.73 Å². The summed E-state index contributed by atoms with van der Waals surface area (Å²) in [6.45, 7) is 5.92. The van der Waals surface area contributed by atoms with Crippen LogP contribution >= 0.6 is 0 Å². The van der Waals surface area contributed by atoms with Crippen LogP contribution in [-0.2, 0) is 16.1 Å². The maximum atomic E-state index is 14.3. The third kappa shape index (κ3) is 8.13. The quantitative estimate of drug-likeness (QED) is 0.202. The molecule has 0 radical (unpaired) electrons. The molecule has 3 atom stereocenters. The normalized spacial score (nSPS) is 26.6. The summed E-state index contributed by atoms with van der Waals surface area (Å²) < 4.78 is 46.0. The van der Waals surface area contributed by atoms with E-state index in [0.717, 1.165) is 88.9 Å². The zero-order valence-electron chi connectivity index (χ0n) is 35.1. The fourth-order valence-electron chi connectivity index (χ4n) is 11.0. The van der Waals surface area contributed by atoms with E-state index in [1.807, 2.05) is 12.1 Å². The van der Waals surface area contributed by atoms with Gasteiger partial charge < -0.3 is 30.7 Å². The van der Waals surface area contributed by atoms with Crippen LogP contribution in [0.2, 0.25) is 0 Å². The van der Waals surface area contributed by atoms with E-state index >= 15 is 0 Å². The molecule has 63 heavy (non-hydrogen) atoms. The van der Waals surface area contributed by atoms with Crippen molar-refractivity contribution < 1.29 is 32.3 Å². The summed E-state index contributed by atoms with van der Waals surface area (Å²) in [5, 5.41) is 13.5. The molecule has 5 fully saturated rings. The summed E-state index contributed by atoms with van der Waals surface area (Å²) in [6.07, 6.45) is 8.17. The number of anilines is 3. The lowest BCUT2D eigenvalue weighted by atomic mass is 9.77. The minimum absolute atomic E-state index is 0.0500. The van der Waals surface area contributed by atoms with Gasteiger partial charge >= 0.3 is 0 Å².